The number of unbranched alkanes of at least 4 members (excludes halogenated alkanes) is 39. The Hall–Kier alpha value is -3.76. The summed E-state index contributed by atoms with van der Waals surface area (Å²) in [6, 6.07) is 0. The summed E-state index contributed by atoms with van der Waals surface area (Å²) in [5, 5.41) is 10.7. The van der Waals surface area contributed by atoms with Gasteiger partial charge in [0.2, 0.25) is 0 Å². The monoisotopic (exact) mass is 1510 g/mol. The van der Waals surface area contributed by atoms with E-state index in [4.69, 9.17) is 37.0 Å². The molecule has 19 heteroatoms. The number of rotatable bonds is 79. The zero-order valence-corrected chi connectivity index (χ0v) is 68.0. The molecular weight excluding hydrogens is 1350 g/mol. The van der Waals surface area contributed by atoms with Crippen molar-refractivity contribution in [2.24, 2.45) is 0 Å². The van der Waals surface area contributed by atoms with Gasteiger partial charge in [0.25, 0.3) is 0 Å². The highest BCUT2D eigenvalue weighted by atomic mass is 31.2. The Morgan fingerprint density at radius 3 is 0.827 bits per heavy atom. The number of esters is 4. The number of allylic oxidation sites excluding steroid dienone is 14. The number of aliphatic hydroxyl groups excluding tert-OH is 1. The van der Waals surface area contributed by atoms with E-state index in [1.807, 2.05) is 12.2 Å². The van der Waals surface area contributed by atoms with E-state index in [9.17, 15) is 43.2 Å². The second-order valence-electron chi connectivity index (χ2n) is 28.1. The van der Waals surface area contributed by atoms with Crippen molar-refractivity contribution in [3.8, 4) is 0 Å². The van der Waals surface area contributed by atoms with Crippen LogP contribution in [0.25, 0.3) is 0 Å². The van der Waals surface area contributed by atoms with Crippen molar-refractivity contribution in [1.29, 1.82) is 0 Å². The molecule has 5 unspecified atom stereocenters. The van der Waals surface area contributed by atoms with Crippen LogP contribution < -0.4 is 0 Å². The fourth-order valence-electron chi connectivity index (χ4n) is 11.5. The molecule has 104 heavy (non-hydrogen) atoms. The summed E-state index contributed by atoms with van der Waals surface area (Å²) in [6.45, 7) is 4.75. The van der Waals surface area contributed by atoms with Gasteiger partial charge < -0.3 is 33.8 Å². The largest absolute Gasteiger partial charge is 0.472 e. The molecule has 0 aliphatic rings. The van der Waals surface area contributed by atoms with Gasteiger partial charge in [0.15, 0.2) is 12.2 Å². The van der Waals surface area contributed by atoms with Crippen LogP contribution in [0.15, 0.2) is 85.1 Å². The minimum Gasteiger partial charge on any atom is -0.462 e. The second-order valence-corrected chi connectivity index (χ2v) is 31.0. The van der Waals surface area contributed by atoms with Crippen LogP contribution in [-0.4, -0.2) is 96.7 Å². The standard InChI is InChI=1S/C85H152O17P2/c1-5-9-13-17-21-25-29-33-37-38-39-40-44-46-50-54-58-62-66-70-83(88)96-76-81(102-85(90)72-68-64-60-56-52-48-43-36-32-28-24-20-16-12-8-4)78-100-104(93,94)98-74-79(86)73-97-103(91,92)99-77-80(101-84(89)71-67-63-59-55-51-47-42-35-31-27-23-19-15-11-7-3)75-95-82(87)69-65-61-57-53-49-45-41-34-30-26-22-18-14-10-6-2/h9,13,21,25,33,36-37,39-40,43,46,50,58,62,79-81,86H,5-8,10-12,14-20,22-24,26-32,34-35,38,41-42,44-45,47-49,51-57,59-61,63-78H2,1-4H3,(H,91,92)(H,93,94)/b13-9-,25-21-,37-33-,40-39-,43-36-,50-46-,62-58-. The first kappa shape index (κ1) is 100. The Morgan fingerprint density at radius 2 is 0.519 bits per heavy atom. The highest BCUT2D eigenvalue weighted by Crippen LogP contribution is 2.45. The second kappa shape index (κ2) is 77.4. The predicted octanol–water partition coefficient (Wildman–Crippen LogP) is 24.6. The molecule has 5 atom stereocenters. The minimum atomic E-state index is -4.99. The van der Waals surface area contributed by atoms with E-state index in [0.717, 1.165) is 116 Å². The molecule has 17 nitrogen and oxygen atoms in total. The van der Waals surface area contributed by atoms with E-state index < -0.39 is 97.5 Å². The molecule has 604 valence electrons. The third kappa shape index (κ3) is 76.4. The maximum Gasteiger partial charge on any atom is 0.472 e. The van der Waals surface area contributed by atoms with Crippen LogP contribution in [0, 0.1) is 0 Å². The fourth-order valence-corrected chi connectivity index (χ4v) is 13.1. The molecule has 0 aliphatic heterocycles. The summed E-state index contributed by atoms with van der Waals surface area (Å²) in [7, 11) is -9.97. The number of hydrogen-bond acceptors (Lipinski definition) is 15. The maximum atomic E-state index is 13.1. The van der Waals surface area contributed by atoms with Crippen LogP contribution >= 0.6 is 15.6 Å². The van der Waals surface area contributed by atoms with Gasteiger partial charge in [0, 0.05) is 25.7 Å². The van der Waals surface area contributed by atoms with Crippen molar-refractivity contribution in [2.75, 3.05) is 39.6 Å². The highest BCUT2D eigenvalue weighted by Gasteiger charge is 2.30. The molecule has 0 heterocycles. The molecule has 0 aliphatic carbocycles. The number of ether oxygens (including phenoxy) is 4. The number of phosphoric ester groups is 2. The average molecular weight is 1510 g/mol. The van der Waals surface area contributed by atoms with E-state index in [-0.39, 0.29) is 25.7 Å². The molecule has 0 aromatic heterocycles. The lowest BCUT2D eigenvalue weighted by molar-refractivity contribution is -0.161. The summed E-state index contributed by atoms with van der Waals surface area (Å²) < 4.78 is 68.7. The molecule has 3 N–H and O–H groups in total. The number of carbonyl (C=O) groups is 4. The number of hydrogen-bond donors (Lipinski definition) is 3. The lowest BCUT2D eigenvalue weighted by atomic mass is 10.0. The Bertz CT molecular complexity index is 2300. The molecule has 0 aromatic carbocycles. The minimum absolute atomic E-state index is 0.0364. The molecule has 0 radical (unpaired) electrons. The summed E-state index contributed by atoms with van der Waals surface area (Å²) in [5.74, 6) is -2.25. The SMILES string of the molecule is CC/C=C\C/C=C\C/C=C\C/C=C\C/C=C\C/C=C\CCC(=O)OCC(COP(=O)(O)OCC(O)COP(=O)(O)OCC(COC(=O)CCCCCCCCCCCCCCCCC)OC(=O)CCCCCCCCCCCCCCCCC)OC(=O)CCCCCCC/C=C\CCCCCCCC. The van der Waals surface area contributed by atoms with E-state index in [0.29, 0.717) is 32.1 Å². The third-order valence-electron chi connectivity index (χ3n) is 17.9. The van der Waals surface area contributed by atoms with Crippen molar-refractivity contribution in [2.45, 2.75) is 393 Å². The van der Waals surface area contributed by atoms with Crippen molar-refractivity contribution >= 4 is 39.5 Å². The van der Waals surface area contributed by atoms with E-state index in [1.54, 1.807) is 0 Å². The maximum absolute atomic E-state index is 13.1. The molecule has 0 rings (SSSR count). The Labute approximate surface area is 634 Å². The number of carbonyl (C=O) groups excluding carboxylic acids is 4. The molecule has 0 saturated carbocycles. The van der Waals surface area contributed by atoms with Gasteiger partial charge in [-0.3, -0.25) is 37.3 Å². The zero-order valence-electron chi connectivity index (χ0n) is 66.2. The Morgan fingerprint density at radius 1 is 0.279 bits per heavy atom. The van der Waals surface area contributed by atoms with Gasteiger partial charge in [-0.2, -0.15) is 0 Å². The third-order valence-corrected chi connectivity index (χ3v) is 19.8. The average Bonchev–Trinajstić information content (AvgIpc) is 0.918. The van der Waals surface area contributed by atoms with E-state index in [1.165, 1.54) is 173 Å². The Kier molecular flexibility index (Phi) is 74.6. The van der Waals surface area contributed by atoms with Gasteiger partial charge in [-0.1, -0.05) is 344 Å². The first-order chi connectivity index (χ1) is 50.7. The smallest absolute Gasteiger partial charge is 0.462 e. The number of phosphoric acid groups is 2. The molecular formula is C85H152O17P2. The molecule has 0 amide bonds. The molecule has 0 spiro atoms. The van der Waals surface area contributed by atoms with Crippen molar-refractivity contribution in [1.82, 2.24) is 0 Å². The number of aliphatic hydroxyl groups is 1. The summed E-state index contributed by atoms with van der Waals surface area (Å²) in [6.07, 6.45) is 81.4. The normalized spacial score (nSPS) is 14.3. The highest BCUT2D eigenvalue weighted by molar-refractivity contribution is 7.47. The first-order valence-electron chi connectivity index (χ1n) is 41.8. The van der Waals surface area contributed by atoms with Crippen LogP contribution in [0.3, 0.4) is 0 Å². The molecule has 0 bridgehead atoms. The Balaban J connectivity index is 5.39. The topological polar surface area (TPSA) is 237 Å². The zero-order chi connectivity index (χ0) is 76.0. The van der Waals surface area contributed by atoms with Crippen molar-refractivity contribution in [3.05, 3.63) is 85.1 Å². The van der Waals surface area contributed by atoms with Gasteiger partial charge >= 0.3 is 39.5 Å². The van der Waals surface area contributed by atoms with Gasteiger partial charge in [-0.15, -0.1) is 0 Å². The lowest BCUT2D eigenvalue weighted by Crippen LogP contribution is -2.30. The van der Waals surface area contributed by atoms with Crippen molar-refractivity contribution in [3.63, 3.8) is 0 Å². The van der Waals surface area contributed by atoms with Gasteiger partial charge in [0.05, 0.1) is 26.4 Å². The molecule has 0 aromatic rings. The van der Waals surface area contributed by atoms with Gasteiger partial charge in [-0.25, -0.2) is 9.13 Å². The van der Waals surface area contributed by atoms with Crippen molar-refractivity contribution < 1.29 is 80.2 Å². The molecule has 0 fully saturated rings. The van der Waals surface area contributed by atoms with Gasteiger partial charge in [-0.05, 0) is 89.9 Å². The first-order valence-corrected chi connectivity index (χ1v) is 44.8. The van der Waals surface area contributed by atoms with Crippen LogP contribution in [0.1, 0.15) is 374 Å². The summed E-state index contributed by atoms with van der Waals surface area (Å²) >= 11 is 0. The van der Waals surface area contributed by atoms with Crippen LogP contribution in [0.4, 0.5) is 0 Å². The fraction of sp³-hybridized carbons (Fsp3) is 0.788. The van der Waals surface area contributed by atoms with Crippen LogP contribution in [0.2, 0.25) is 0 Å². The van der Waals surface area contributed by atoms with E-state index in [2.05, 4.69) is 101 Å². The van der Waals surface area contributed by atoms with E-state index >= 15 is 0 Å². The molecule has 0 saturated heterocycles. The van der Waals surface area contributed by atoms with Crippen LogP contribution in [0.5, 0.6) is 0 Å². The predicted molar refractivity (Wildman–Crippen MR) is 427 cm³/mol. The lowest BCUT2D eigenvalue weighted by Gasteiger charge is -2.21. The summed E-state index contributed by atoms with van der Waals surface area (Å²) in [4.78, 5) is 73.1. The van der Waals surface area contributed by atoms with Crippen LogP contribution in [-0.2, 0) is 65.4 Å². The summed E-state index contributed by atoms with van der Waals surface area (Å²) in [5.41, 5.74) is 0. The van der Waals surface area contributed by atoms with Gasteiger partial charge in [0.1, 0.15) is 19.3 Å². The quantitative estimate of drug-likeness (QED) is 0.0169.